The minimum atomic E-state index is 0.247. The van der Waals surface area contributed by atoms with Gasteiger partial charge in [0.1, 0.15) is 5.75 Å². The number of nitrogens with two attached hydrogens (primary N) is 1. The van der Waals surface area contributed by atoms with E-state index in [-0.39, 0.29) is 5.95 Å². The second-order valence-electron chi connectivity index (χ2n) is 7.70. The van der Waals surface area contributed by atoms with E-state index in [1.165, 1.54) is 15.6 Å². The average Bonchev–Trinajstić information content (AvgIpc) is 3.51. The molecule has 3 N–H and O–H groups in total. The summed E-state index contributed by atoms with van der Waals surface area (Å²) in [5.41, 5.74) is 9.92. The summed E-state index contributed by atoms with van der Waals surface area (Å²) in [6.45, 7) is 3.25. The Kier molecular flexibility index (Phi) is 3.93. The van der Waals surface area contributed by atoms with Crippen molar-refractivity contribution in [3.8, 4) is 17.3 Å². The van der Waals surface area contributed by atoms with Crippen molar-refractivity contribution in [2.75, 3.05) is 18.8 Å². The first kappa shape index (κ1) is 17.9. The largest absolute Gasteiger partial charge is 0.508 e. The number of furan rings is 1. The van der Waals surface area contributed by atoms with Crippen LogP contribution in [0.4, 0.5) is 5.95 Å². The SMILES string of the molecule is Nc1nc2c(cnn2CCN2CCc3ccc(O)cc3C2)c2nc(-c3ccco3)nn12. The Labute approximate surface area is 176 Å². The van der Waals surface area contributed by atoms with Crippen molar-refractivity contribution in [3.05, 3.63) is 53.9 Å². The normalized spacial score (nSPS) is 14.5. The lowest BCUT2D eigenvalue weighted by molar-refractivity contribution is 0.241. The highest BCUT2D eigenvalue weighted by Gasteiger charge is 2.19. The number of phenolic OH excluding ortho intramolecular Hbond substituents is 1. The molecule has 1 aromatic carbocycles. The highest BCUT2D eigenvalue weighted by molar-refractivity contribution is 5.90. The number of phenols is 1. The maximum atomic E-state index is 9.78. The number of aromatic nitrogens is 6. The minimum absolute atomic E-state index is 0.247. The molecule has 4 aromatic heterocycles. The van der Waals surface area contributed by atoms with Crippen molar-refractivity contribution in [2.24, 2.45) is 0 Å². The number of anilines is 1. The molecule has 0 fully saturated rings. The quantitative estimate of drug-likeness (QED) is 0.456. The van der Waals surface area contributed by atoms with E-state index in [1.54, 1.807) is 30.7 Å². The lowest BCUT2D eigenvalue weighted by Gasteiger charge is -2.28. The fourth-order valence-electron chi connectivity index (χ4n) is 4.16. The Hall–Kier alpha value is -3.92. The predicted octanol–water partition coefficient (Wildman–Crippen LogP) is 2.08. The van der Waals surface area contributed by atoms with Gasteiger partial charge in [0.25, 0.3) is 0 Å². The van der Waals surface area contributed by atoms with Crippen molar-refractivity contribution < 1.29 is 9.52 Å². The topological polar surface area (TPSA) is 124 Å². The monoisotopic (exact) mass is 416 g/mol. The van der Waals surface area contributed by atoms with Gasteiger partial charge in [0.05, 0.1) is 24.4 Å². The molecule has 0 amide bonds. The van der Waals surface area contributed by atoms with Gasteiger partial charge in [0.2, 0.25) is 11.8 Å². The van der Waals surface area contributed by atoms with Gasteiger partial charge in [0, 0.05) is 19.6 Å². The predicted molar refractivity (Wildman–Crippen MR) is 113 cm³/mol. The molecule has 0 saturated carbocycles. The molecular formula is C21H20N8O2. The molecule has 1 aliphatic heterocycles. The standard InChI is InChI=1S/C21H20N8O2/c22-21-25-19-16(20-24-18(26-29(20)21)17-2-1-9-31-17)11-23-28(19)8-7-27-6-5-13-3-4-15(30)10-14(13)12-27/h1-4,9-11,30H,5-8,12H2,(H2,22,25). The Morgan fingerprint density at radius 2 is 2.03 bits per heavy atom. The molecule has 0 radical (unpaired) electrons. The van der Waals surface area contributed by atoms with Crippen LogP contribution in [-0.4, -0.2) is 52.5 Å². The molecule has 0 spiro atoms. The highest BCUT2D eigenvalue weighted by atomic mass is 16.3. The molecule has 0 saturated heterocycles. The molecule has 1 aliphatic rings. The third-order valence-corrected chi connectivity index (χ3v) is 5.75. The first-order valence-electron chi connectivity index (χ1n) is 10.1. The van der Waals surface area contributed by atoms with Crippen molar-refractivity contribution in [1.82, 2.24) is 34.3 Å². The molecule has 5 aromatic rings. The Balaban J connectivity index is 1.28. The zero-order chi connectivity index (χ0) is 20.9. The summed E-state index contributed by atoms with van der Waals surface area (Å²) in [4.78, 5) is 11.5. The van der Waals surface area contributed by atoms with Crippen LogP contribution in [0.1, 0.15) is 11.1 Å². The molecule has 6 rings (SSSR count). The number of hydrogen-bond donors (Lipinski definition) is 2. The van der Waals surface area contributed by atoms with Crippen molar-refractivity contribution in [1.29, 1.82) is 0 Å². The van der Waals surface area contributed by atoms with E-state index in [9.17, 15) is 5.11 Å². The van der Waals surface area contributed by atoms with Crippen LogP contribution < -0.4 is 5.73 Å². The number of aromatic hydroxyl groups is 1. The molecule has 156 valence electrons. The number of nitrogens with zero attached hydrogens (tertiary/aromatic N) is 7. The van der Waals surface area contributed by atoms with Gasteiger partial charge in [-0.2, -0.15) is 14.6 Å². The lowest BCUT2D eigenvalue weighted by atomic mass is 9.99. The van der Waals surface area contributed by atoms with E-state index in [0.29, 0.717) is 35.2 Å². The second kappa shape index (κ2) is 6.81. The van der Waals surface area contributed by atoms with Gasteiger partial charge >= 0.3 is 0 Å². The maximum Gasteiger partial charge on any atom is 0.225 e. The van der Waals surface area contributed by atoms with Gasteiger partial charge in [0.15, 0.2) is 17.1 Å². The molecule has 0 aliphatic carbocycles. The van der Waals surface area contributed by atoms with Crippen LogP contribution >= 0.6 is 0 Å². The lowest BCUT2D eigenvalue weighted by Crippen LogP contribution is -2.33. The molecule has 0 atom stereocenters. The molecule has 0 unspecified atom stereocenters. The smallest absolute Gasteiger partial charge is 0.225 e. The van der Waals surface area contributed by atoms with Crippen molar-refractivity contribution >= 4 is 22.6 Å². The summed E-state index contributed by atoms with van der Waals surface area (Å²) in [6, 6.07) is 9.21. The van der Waals surface area contributed by atoms with Gasteiger partial charge in [-0.25, -0.2) is 9.67 Å². The summed E-state index contributed by atoms with van der Waals surface area (Å²) in [5.74, 6) is 1.58. The molecular weight excluding hydrogens is 396 g/mol. The third-order valence-electron chi connectivity index (χ3n) is 5.75. The average molecular weight is 416 g/mol. The number of hydrogen-bond acceptors (Lipinski definition) is 8. The van der Waals surface area contributed by atoms with Crippen LogP contribution in [-0.2, 0) is 19.5 Å². The van der Waals surface area contributed by atoms with Gasteiger partial charge in [-0.05, 0) is 41.8 Å². The van der Waals surface area contributed by atoms with E-state index >= 15 is 0 Å². The number of rotatable bonds is 4. The molecule has 0 bridgehead atoms. The van der Waals surface area contributed by atoms with Gasteiger partial charge < -0.3 is 15.3 Å². The summed E-state index contributed by atoms with van der Waals surface area (Å²) >= 11 is 0. The third kappa shape index (κ3) is 2.99. The van der Waals surface area contributed by atoms with E-state index in [4.69, 9.17) is 10.2 Å². The summed E-state index contributed by atoms with van der Waals surface area (Å²) in [6.07, 6.45) is 4.30. The van der Waals surface area contributed by atoms with Crippen LogP contribution in [0.25, 0.3) is 28.3 Å². The summed E-state index contributed by atoms with van der Waals surface area (Å²) < 4.78 is 8.77. The molecule has 5 heterocycles. The first-order valence-corrected chi connectivity index (χ1v) is 10.1. The molecule has 31 heavy (non-hydrogen) atoms. The van der Waals surface area contributed by atoms with Crippen LogP contribution in [0, 0.1) is 0 Å². The van der Waals surface area contributed by atoms with E-state index < -0.39 is 0 Å². The fourth-order valence-corrected chi connectivity index (χ4v) is 4.16. The zero-order valence-electron chi connectivity index (χ0n) is 16.6. The Bertz CT molecular complexity index is 1400. The second-order valence-corrected chi connectivity index (χ2v) is 7.70. The number of nitrogen functional groups attached to an aromatic ring is 1. The van der Waals surface area contributed by atoms with Crippen LogP contribution in [0.2, 0.25) is 0 Å². The fraction of sp³-hybridized carbons (Fsp3) is 0.238. The van der Waals surface area contributed by atoms with Crippen LogP contribution in [0.15, 0.2) is 47.2 Å². The summed E-state index contributed by atoms with van der Waals surface area (Å²) in [5, 5.41) is 19.5. The minimum Gasteiger partial charge on any atom is -0.508 e. The van der Waals surface area contributed by atoms with Crippen LogP contribution in [0.3, 0.4) is 0 Å². The summed E-state index contributed by atoms with van der Waals surface area (Å²) in [7, 11) is 0. The first-order chi connectivity index (χ1) is 15.2. The van der Waals surface area contributed by atoms with Gasteiger partial charge in [-0.15, -0.1) is 5.10 Å². The van der Waals surface area contributed by atoms with E-state index in [0.717, 1.165) is 31.4 Å². The Morgan fingerprint density at radius 3 is 2.90 bits per heavy atom. The molecule has 10 nitrogen and oxygen atoms in total. The van der Waals surface area contributed by atoms with Crippen molar-refractivity contribution in [2.45, 2.75) is 19.5 Å². The van der Waals surface area contributed by atoms with E-state index in [2.05, 4.69) is 25.1 Å². The zero-order valence-corrected chi connectivity index (χ0v) is 16.6. The maximum absolute atomic E-state index is 9.78. The number of benzene rings is 1. The highest BCUT2D eigenvalue weighted by Crippen LogP contribution is 2.25. The van der Waals surface area contributed by atoms with Crippen LogP contribution in [0.5, 0.6) is 5.75 Å². The van der Waals surface area contributed by atoms with Crippen molar-refractivity contribution in [3.63, 3.8) is 0 Å². The Morgan fingerprint density at radius 1 is 1.10 bits per heavy atom. The number of fused-ring (bicyclic) bond motifs is 4. The molecule has 10 heteroatoms. The van der Waals surface area contributed by atoms with E-state index in [1.807, 2.05) is 16.8 Å². The van der Waals surface area contributed by atoms with Gasteiger partial charge in [-0.3, -0.25) is 4.90 Å². The van der Waals surface area contributed by atoms with Gasteiger partial charge in [-0.1, -0.05) is 6.07 Å².